The van der Waals surface area contributed by atoms with E-state index in [1.165, 1.54) is 0 Å². The first-order valence-corrected chi connectivity index (χ1v) is 7.22. The Kier molecular flexibility index (Phi) is 5.34. The lowest BCUT2D eigenvalue weighted by atomic mass is 9.86. The van der Waals surface area contributed by atoms with Crippen molar-refractivity contribution in [1.82, 2.24) is 16.1 Å². The molecular formula is C16H19N3O4. The quantitative estimate of drug-likeness (QED) is 0.326. The summed E-state index contributed by atoms with van der Waals surface area (Å²) in [4.78, 5) is 24.3. The lowest BCUT2D eigenvalue weighted by Crippen LogP contribution is -2.74. The number of carbonyl (C=O) groups is 2. The first-order chi connectivity index (χ1) is 11.1. The van der Waals surface area contributed by atoms with E-state index in [0.717, 1.165) is 0 Å². The standard InChI is InChI=1S/C16H19N3O4/c1-3-11-5-7-12(8-6-11)14(20)18-13(15(21)19-22)16(23-4-2)9-17-10-16/h1,5-8,13,17,22H,4,9-10H2,2H3,(H,18,20)(H,19,21). The van der Waals surface area contributed by atoms with Gasteiger partial charge in [-0.05, 0) is 31.2 Å². The normalized spacial score (nSPS) is 16.6. The molecule has 1 aliphatic rings. The van der Waals surface area contributed by atoms with Gasteiger partial charge in [-0.15, -0.1) is 6.42 Å². The van der Waals surface area contributed by atoms with Crippen molar-refractivity contribution < 1.29 is 19.5 Å². The van der Waals surface area contributed by atoms with Crippen LogP contribution in [0.1, 0.15) is 22.8 Å². The number of nitrogens with one attached hydrogen (secondary N) is 3. The molecule has 2 rings (SSSR count). The number of hydrogen-bond donors (Lipinski definition) is 4. The monoisotopic (exact) mass is 317 g/mol. The van der Waals surface area contributed by atoms with Crippen LogP contribution in [0.15, 0.2) is 24.3 Å². The predicted molar refractivity (Wildman–Crippen MR) is 82.8 cm³/mol. The van der Waals surface area contributed by atoms with E-state index in [4.69, 9.17) is 16.4 Å². The average Bonchev–Trinajstić information content (AvgIpc) is 2.55. The fourth-order valence-electron chi connectivity index (χ4n) is 2.48. The highest BCUT2D eigenvalue weighted by Crippen LogP contribution is 2.22. The van der Waals surface area contributed by atoms with E-state index in [0.29, 0.717) is 30.8 Å². The van der Waals surface area contributed by atoms with Gasteiger partial charge in [0.2, 0.25) is 0 Å². The van der Waals surface area contributed by atoms with Crippen molar-refractivity contribution in [2.24, 2.45) is 0 Å². The summed E-state index contributed by atoms with van der Waals surface area (Å²) in [7, 11) is 0. The van der Waals surface area contributed by atoms with Gasteiger partial charge in [0.15, 0.2) is 0 Å². The topological polar surface area (TPSA) is 99.7 Å². The van der Waals surface area contributed by atoms with E-state index in [1.807, 2.05) is 0 Å². The smallest absolute Gasteiger partial charge is 0.269 e. The number of terminal acetylenes is 1. The molecule has 1 fully saturated rings. The summed E-state index contributed by atoms with van der Waals surface area (Å²) >= 11 is 0. The third-order valence-corrected chi connectivity index (χ3v) is 3.77. The second-order valence-corrected chi connectivity index (χ2v) is 5.21. The number of ether oxygens (including phenoxy) is 1. The van der Waals surface area contributed by atoms with E-state index in [9.17, 15) is 9.59 Å². The summed E-state index contributed by atoms with van der Waals surface area (Å²) < 4.78 is 5.65. The highest BCUT2D eigenvalue weighted by molar-refractivity contribution is 5.98. The first-order valence-electron chi connectivity index (χ1n) is 7.22. The van der Waals surface area contributed by atoms with Crippen LogP contribution < -0.4 is 16.1 Å². The maximum absolute atomic E-state index is 12.4. The van der Waals surface area contributed by atoms with E-state index < -0.39 is 23.5 Å². The summed E-state index contributed by atoms with van der Waals surface area (Å²) in [5.74, 6) is 1.28. The van der Waals surface area contributed by atoms with Crippen LogP contribution in [0.3, 0.4) is 0 Å². The zero-order valence-corrected chi connectivity index (χ0v) is 12.8. The second kappa shape index (κ2) is 7.24. The van der Waals surface area contributed by atoms with Crippen LogP contribution in [0.25, 0.3) is 0 Å². The zero-order chi connectivity index (χ0) is 16.9. The van der Waals surface area contributed by atoms with Gasteiger partial charge in [0.05, 0.1) is 0 Å². The van der Waals surface area contributed by atoms with Gasteiger partial charge in [0.1, 0.15) is 11.6 Å². The molecule has 0 aromatic heterocycles. The molecule has 0 bridgehead atoms. The Morgan fingerprint density at radius 2 is 2.09 bits per heavy atom. The number of hydrogen-bond acceptors (Lipinski definition) is 5. The van der Waals surface area contributed by atoms with Gasteiger partial charge in [-0.2, -0.15) is 0 Å². The SMILES string of the molecule is C#Cc1ccc(C(=O)NC(C(=O)NO)C2(OCC)CNC2)cc1. The third-order valence-electron chi connectivity index (χ3n) is 3.77. The Bertz CT molecular complexity index is 617. The minimum absolute atomic E-state index is 0.360. The molecule has 1 unspecified atom stereocenters. The van der Waals surface area contributed by atoms with Crippen molar-refractivity contribution in [3.63, 3.8) is 0 Å². The summed E-state index contributed by atoms with van der Waals surface area (Å²) in [5, 5.41) is 14.6. The maximum Gasteiger partial charge on any atom is 0.269 e. The summed E-state index contributed by atoms with van der Waals surface area (Å²) in [5.41, 5.74) is 1.72. The molecule has 2 amide bonds. The lowest BCUT2D eigenvalue weighted by molar-refractivity contribution is -0.148. The van der Waals surface area contributed by atoms with Crippen molar-refractivity contribution in [3.05, 3.63) is 35.4 Å². The first kappa shape index (κ1) is 17.0. The van der Waals surface area contributed by atoms with Crippen LogP contribution in [0.2, 0.25) is 0 Å². The highest BCUT2D eigenvalue weighted by Gasteiger charge is 2.49. The van der Waals surface area contributed by atoms with Crippen LogP contribution in [-0.2, 0) is 9.53 Å². The van der Waals surface area contributed by atoms with Crippen molar-refractivity contribution >= 4 is 11.8 Å². The molecule has 7 heteroatoms. The lowest BCUT2D eigenvalue weighted by Gasteiger charge is -2.46. The minimum atomic E-state index is -1.02. The molecule has 4 N–H and O–H groups in total. The predicted octanol–water partition coefficient (Wildman–Crippen LogP) is -0.350. The second-order valence-electron chi connectivity index (χ2n) is 5.21. The number of amides is 2. The largest absolute Gasteiger partial charge is 0.370 e. The van der Waals surface area contributed by atoms with Crippen molar-refractivity contribution in [2.45, 2.75) is 18.6 Å². The van der Waals surface area contributed by atoms with E-state index in [-0.39, 0.29) is 0 Å². The Labute approximate surface area is 134 Å². The molecule has 1 heterocycles. The molecule has 1 aliphatic heterocycles. The molecule has 1 saturated heterocycles. The van der Waals surface area contributed by atoms with Gasteiger partial charge < -0.3 is 15.4 Å². The zero-order valence-electron chi connectivity index (χ0n) is 12.8. The van der Waals surface area contributed by atoms with Crippen LogP contribution in [-0.4, -0.2) is 48.4 Å². The molecule has 1 aromatic rings. The van der Waals surface area contributed by atoms with Crippen LogP contribution in [0, 0.1) is 12.3 Å². The fourth-order valence-corrected chi connectivity index (χ4v) is 2.48. The Balaban J connectivity index is 2.18. The Morgan fingerprint density at radius 3 is 2.52 bits per heavy atom. The van der Waals surface area contributed by atoms with Crippen molar-refractivity contribution in [1.29, 1.82) is 0 Å². The Morgan fingerprint density at radius 1 is 1.43 bits per heavy atom. The molecule has 0 saturated carbocycles. The van der Waals surface area contributed by atoms with Crippen molar-refractivity contribution in [3.8, 4) is 12.3 Å². The highest BCUT2D eigenvalue weighted by atomic mass is 16.5. The molecule has 0 radical (unpaired) electrons. The van der Waals surface area contributed by atoms with Crippen molar-refractivity contribution in [2.75, 3.05) is 19.7 Å². The number of carbonyl (C=O) groups excluding carboxylic acids is 2. The third kappa shape index (κ3) is 3.51. The number of hydroxylamine groups is 1. The number of rotatable bonds is 6. The van der Waals surface area contributed by atoms with Gasteiger partial charge in [0.25, 0.3) is 11.8 Å². The average molecular weight is 317 g/mol. The van der Waals surface area contributed by atoms with Gasteiger partial charge in [0, 0.05) is 30.8 Å². The summed E-state index contributed by atoms with van der Waals surface area (Å²) in [6.45, 7) is 2.97. The molecule has 0 spiro atoms. The van der Waals surface area contributed by atoms with Gasteiger partial charge >= 0.3 is 0 Å². The van der Waals surface area contributed by atoms with Gasteiger partial charge in [-0.1, -0.05) is 5.92 Å². The minimum Gasteiger partial charge on any atom is -0.370 e. The van der Waals surface area contributed by atoms with Crippen LogP contribution >= 0.6 is 0 Å². The summed E-state index contributed by atoms with van der Waals surface area (Å²) in [6.07, 6.45) is 5.28. The molecule has 122 valence electrons. The van der Waals surface area contributed by atoms with Crippen LogP contribution in [0.4, 0.5) is 0 Å². The maximum atomic E-state index is 12.4. The molecule has 1 atom stereocenters. The number of benzene rings is 1. The van der Waals surface area contributed by atoms with Gasteiger partial charge in [-0.3, -0.25) is 14.8 Å². The molecule has 1 aromatic carbocycles. The summed E-state index contributed by atoms with van der Waals surface area (Å²) in [6, 6.07) is 5.40. The van der Waals surface area contributed by atoms with E-state index in [2.05, 4.69) is 16.6 Å². The van der Waals surface area contributed by atoms with Gasteiger partial charge in [-0.25, -0.2) is 5.48 Å². The molecule has 7 nitrogen and oxygen atoms in total. The molecule has 0 aliphatic carbocycles. The van der Waals surface area contributed by atoms with E-state index in [1.54, 1.807) is 36.7 Å². The molecular weight excluding hydrogens is 298 g/mol. The van der Waals surface area contributed by atoms with E-state index >= 15 is 0 Å². The Hall–Kier alpha value is -2.40. The van der Waals surface area contributed by atoms with Crippen LogP contribution in [0.5, 0.6) is 0 Å². The molecule has 23 heavy (non-hydrogen) atoms. The fraction of sp³-hybridized carbons (Fsp3) is 0.375.